The van der Waals surface area contributed by atoms with Gasteiger partial charge in [-0.05, 0) is 55.1 Å². The van der Waals surface area contributed by atoms with Gasteiger partial charge in [0.05, 0.1) is 20.6 Å². The highest BCUT2D eigenvalue weighted by Gasteiger charge is 2.24. The van der Waals surface area contributed by atoms with E-state index >= 15 is 0 Å². The zero-order valence-corrected chi connectivity index (χ0v) is 17.8. The van der Waals surface area contributed by atoms with Crippen molar-refractivity contribution in [2.45, 2.75) is 19.6 Å². The van der Waals surface area contributed by atoms with Crippen LogP contribution in [-0.4, -0.2) is 34.9 Å². The van der Waals surface area contributed by atoms with Crippen LogP contribution in [0.4, 0.5) is 16.3 Å². The molecule has 0 aliphatic carbocycles. The molecular weight excluding hydrogens is 406 g/mol. The Morgan fingerprint density at radius 1 is 1.21 bits per heavy atom. The molecule has 1 aliphatic heterocycles. The number of carbonyl (C=O) groups excluding carboxylic acids is 1. The van der Waals surface area contributed by atoms with Crippen molar-refractivity contribution in [3.8, 4) is 10.6 Å². The number of nitrogens with two attached hydrogens (primary N) is 1. The standard InChI is InChI=1S/C21H22ClN5OS/c1-26(2)10-13-3-4-14-11-27(12-15(14)9-13)21(28)25-20-16(23)5-6-17(24-20)18-7-8-19(22)29-18/h3-9H,10-12,23H2,1-2H3,(H,24,25,28). The minimum atomic E-state index is -0.212. The number of amides is 2. The second-order valence-corrected chi connectivity index (χ2v) is 9.08. The Balaban J connectivity index is 1.48. The van der Waals surface area contributed by atoms with E-state index in [9.17, 15) is 4.79 Å². The van der Waals surface area contributed by atoms with Gasteiger partial charge in [-0.15, -0.1) is 11.3 Å². The summed E-state index contributed by atoms with van der Waals surface area (Å²) in [4.78, 5) is 22.2. The van der Waals surface area contributed by atoms with Crippen molar-refractivity contribution < 1.29 is 4.79 Å². The molecule has 29 heavy (non-hydrogen) atoms. The molecule has 2 aromatic heterocycles. The average Bonchev–Trinajstić information content (AvgIpc) is 3.29. The van der Waals surface area contributed by atoms with Crippen LogP contribution in [0, 0.1) is 0 Å². The van der Waals surface area contributed by atoms with E-state index in [0.29, 0.717) is 28.9 Å². The topological polar surface area (TPSA) is 74.5 Å². The van der Waals surface area contributed by atoms with Crippen LogP contribution in [0.3, 0.4) is 0 Å². The zero-order valence-electron chi connectivity index (χ0n) is 16.3. The molecule has 0 saturated carbocycles. The lowest BCUT2D eigenvalue weighted by Gasteiger charge is -2.17. The molecule has 0 unspecified atom stereocenters. The summed E-state index contributed by atoms with van der Waals surface area (Å²) in [5.74, 6) is 0.362. The minimum Gasteiger partial charge on any atom is -0.396 e. The molecule has 4 rings (SSSR count). The van der Waals surface area contributed by atoms with E-state index in [2.05, 4.69) is 33.4 Å². The molecule has 1 aromatic carbocycles. The molecule has 0 saturated heterocycles. The number of urea groups is 1. The predicted octanol–water partition coefficient (Wildman–Crippen LogP) is 4.66. The third kappa shape index (κ3) is 4.37. The highest BCUT2D eigenvalue weighted by molar-refractivity contribution is 7.19. The van der Waals surface area contributed by atoms with E-state index in [0.717, 1.165) is 17.1 Å². The fourth-order valence-corrected chi connectivity index (χ4v) is 4.41. The quantitative estimate of drug-likeness (QED) is 0.635. The maximum absolute atomic E-state index is 12.8. The zero-order chi connectivity index (χ0) is 20.5. The first kappa shape index (κ1) is 19.7. The Morgan fingerprint density at radius 2 is 2.00 bits per heavy atom. The number of halogens is 1. The van der Waals surface area contributed by atoms with Crippen molar-refractivity contribution in [2.24, 2.45) is 0 Å². The summed E-state index contributed by atoms with van der Waals surface area (Å²) in [6.07, 6.45) is 0. The van der Waals surface area contributed by atoms with Crippen LogP contribution < -0.4 is 11.1 Å². The molecular formula is C21H22ClN5OS. The van der Waals surface area contributed by atoms with Crippen molar-refractivity contribution in [3.63, 3.8) is 0 Å². The lowest BCUT2D eigenvalue weighted by Crippen LogP contribution is -2.30. The van der Waals surface area contributed by atoms with Gasteiger partial charge in [0.2, 0.25) is 0 Å². The molecule has 0 radical (unpaired) electrons. The Morgan fingerprint density at radius 3 is 2.72 bits per heavy atom. The lowest BCUT2D eigenvalue weighted by atomic mass is 10.1. The molecule has 3 aromatic rings. The maximum Gasteiger partial charge on any atom is 0.323 e. The van der Waals surface area contributed by atoms with Gasteiger partial charge in [0, 0.05) is 19.6 Å². The molecule has 0 atom stereocenters. The molecule has 3 N–H and O–H groups in total. The number of anilines is 2. The van der Waals surface area contributed by atoms with E-state index in [1.807, 2.05) is 32.3 Å². The number of benzene rings is 1. The first-order valence-corrected chi connectivity index (χ1v) is 10.4. The van der Waals surface area contributed by atoms with Crippen LogP contribution >= 0.6 is 22.9 Å². The number of nitrogens with one attached hydrogen (secondary N) is 1. The highest BCUT2D eigenvalue weighted by atomic mass is 35.5. The molecule has 8 heteroatoms. The first-order chi connectivity index (χ1) is 13.9. The summed E-state index contributed by atoms with van der Waals surface area (Å²) in [6, 6.07) is 13.5. The number of pyridine rings is 1. The van der Waals surface area contributed by atoms with Gasteiger partial charge in [0.1, 0.15) is 0 Å². The van der Waals surface area contributed by atoms with E-state index < -0.39 is 0 Å². The summed E-state index contributed by atoms with van der Waals surface area (Å²) in [5.41, 5.74) is 10.8. The molecule has 0 spiro atoms. The van der Waals surface area contributed by atoms with E-state index in [-0.39, 0.29) is 6.03 Å². The normalized spacial score (nSPS) is 13.0. The predicted molar refractivity (Wildman–Crippen MR) is 119 cm³/mol. The third-order valence-electron chi connectivity index (χ3n) is 4.76. The summed E-state index contributed by atoms with van der Waals surface area (Å²) in [6.45, 7) is 2.02. The van der Waals surface area contributed by atoms with E-state index in [4.69, 9.17) is 17.3 Å². The van der Waals surface area contributed by atoms with Crippen molar-refractivity contribution in [1.82, 2.24) is 14.8 Å². The third-order valence-corrected chi connectivity index (χ3v) is 6.01. The first-order valence-electron chi connectivity index (χ1n) is 9.22. The van der Waals surface area contributed by atoms with E-state index in [1.54, 1.807) is 11.0 Å². The molecule has 150 valence electrons. The lowest BCUT2D eigenvalue weighted by molar-refractivity contribution is 0.212. The number of fused-ring (bicyclic) bond motifs is 1. The van der Waals surface area contributed by atoms with Gasteiger partial charge in [0.15, 0.2) is 5.82 Å². The Bertz CT molecular complexity index is 1060. The van der Waals surface area contributed by atoms with Crippen molar-refractivity contribution in [1.29, 1.82) is 0 Å². The van der Waals surface area contributed by atoms with Gasteiger partial charge in [-0.25, -0.2) is 9.78 Å². The van der Waals surface area contributed by atoms with Crippen LogP contribution in [0.15, 0.2) is 42.5 Å². The van der Waals surface area contributed by atoms with Crippen LogP contribution in [-0.2, 0) is 19.6 Å². The van der Waals surface area contributed by atoms with Gasteiger partial charge in [-0.3, -0.25) is 5.32 Å². The molecule has 2 amide bonds. The van der Waals surface area contributed by atoms with Crippen molar-refractivity contribution in [2.75, 3.05) is 25.1 Å². The summed E-state index contributed by atoms with van der Waals surface area (Å²) < 4.78 is 0.688. The molecule has 1 aliphatic rings. The fourth-order valence-electron chi connectivity index (χ4n) is 3.39. The van der Waals surface area contributed by atoms with Gasteiger partial charge in [0.25, 0.3) is 0 Å². The van der Waals surface area contributed by atoms with Crippen LogP contribution in [0.2, 0.25) is 4.34 Å². The fraction of sp³-hybridized carbons (Fsp3) is 0.238. The summed E-state index contributed by atoms with van der Waals surface area (Å²) in [7, 11) is 4.09. The summed E-state index contributed by atoms with van der Waals surface area (Å²) in [5, 5.41) is 2.87. The second-order valence-electron chi connectivity index (χ2n) is 7.37. The molecule has 0 bridgehead atoms. The van der Waals surface area contributed by atoms with Gasteiger partial charge in [-0.2, -0.15) is 0 Å². The number of carbonyl (C=O) groups is 1. The molecule has 6 nitrogen and oxygen atoms in total. The Hall–Kier alpha value is -2.61. The van der Waals surface area contributed by atoms with Crippen molar-refractivity contribution >= 4 is 40.5 Å². The number of nitrogens with zero attached hydrogens (tertiary/aromatic N) is 3. The monoisotopic (exact) mass is 427 g/mol. The van der Waals surface area contributed by atoms with Crippen LogP contribution in [0.1, 0.15) is 16.7 Å². The van der Waals surface area contributed by atoms with Crippen LogP contribution in [0.5, 0.6) is 0 Å². The number of rotatable bonds is 4. The number of nitrogen functional groups attached to an aromatic ring is 1. The average molecular weight is 428 g/mol. The molecule has 0 fully saturated rings. The number of thiophene rings is 1. The number of hydrogen-bond acceptors (Lipinski definition) is 5. The van der Waals surface area contributed by atoms with Gasteiger partial charge < -0.3 is 15.5 Å². The number of hydrogen-bond donors (Lipinski definition) is 2. The highest BCUT2D eigenvalue weighted by Crippen LogP contribution is 2.32. The Kier molecular flexibility index (Phi) is 5.45. The smallest absolute Gasteiger partial charge is 0.323 e. The minimum absolute atomic E-state index is 0.212. The maximum atomic E-state index is 12.8. The summed E-state index contributed by atoms with van der Waals surface area (Å²) >= 11 is 7.45. The number of aromatic nitrogens is 1. The van der Waals surface area contributed by atoms with E-state index in [1.165, 1.54) is 28.0 Å². The molecule has 3 heterocycles. The van der Waals surface area contributed by atoms with Crippen LogP contribution in [0.25, 0.3) is 10.6 Å². The van der Waals surface area contributed by atoms with Gasteiger partial charge in [-0.1, -0.05) is 29.8 Å². The van der Waals surface area contributed by atoms with Gasteiger partial charge >= 0.3 is 6.03 Å². The SMILES string of the molecule is CN(C)Cc1ccc2c(c1)CN(C(=O)Nc1nc(-c3ccc(Cl)s3)ccc1N)C2. The largest absolute Gasteiger partial charge is 0.396 e. The van der Waals surface area contributed by atoms with Crippen molar-refractivity contribution in [3.05, 3.63) is 63.5 Å². The second kappa shape index (κ2) is 8.02. The Labute approximate surface area is 178 Å².